The highest BCUT2D eigenvalue weighted by Gasteiger charge is 2.22. The lowest BCUT2D eigenvalue weighted by atomic mass is 10.2. The number of nitrogens with one attached hydrogen (secondary N) is 1. The molecule has 1 aromatic carbocycles. The fraction of sp³-hybridized carbons (Fsp3) is 0.227. The van der Waals surface area contributed by atoms with Crippen LogP contribution in [0, 0.1) is 0 Å². The van der Waals surface area contributed by atoms with E-state index in [1.807, 2.05) is 0 Å². The fourth-order valence-electron chi connectivity index (χ4n) is 2.73. The Kier molecular flexibility index (Phi) is 6.76. The average Bonchev–Trinajstić information content (AvgIpc) is 3.23. The molecule has 0 fully saturated rings. The molecule has 9 nitrogen and oxygen atoms in total. The first-order valence-electron chi connectivity index (χ1n) is 9.38. The van der Waals surface area contributed by atoms with Crippen molar-refractivity contribution in [3.8, 4) is 11.5 Å². The zero-order valence-corrected chi connectivity index (χ0v) is 17.3. The van der Waals surface area contributed by atoms with E-state index in [4.69, 9.17) is 18.6 Å². The van der Waals surface area contributed by atoms with Crippen LogP contribution in [0.4, 0.5) is 5.69 Å². The van der Waals surface area contributed by atoms with Crippen molar-refractivity contribution in [2.45, 2.75) is 19.6 Å². The van der Waals surface area contributed by atoms with Gasteiger partial charge in [-0.3, -0.25) is 9.59 Å². The van der Waals surface area contributed by atoms with Crippen LogP contribution in [-0.4, -0.2) is 36.8 Å². The first-order chi connectivity index (χ1) is 14.9. The molecule has 162 valence electrons. The average molecular weight is 426 g/mol. The van der Waals surface area contributed by atoms with Crippen LogP contribution in [0.15, 0.2) is 63.9 Å². The highest BCUT2D eigenvalue weighted by molar-refractivity contribution is 5.96. The Morgan fingerprint density at radius 3 is 2.42 bits per heavy atom. The van der Waals surface area contributed by atoms with Crippen molar-refractivity contribution in [3.63, 3.8) is 0 Å². The molecular weight excluding hydrogens is 404 g/mol. The minimum Gasteiger partial charge on any atom is -0.497 e. The third-order valence-corrected chi connectivity index (χ3v) is 4.36. The molecule has 0 saturated carbocycles. The molecule has 0 aliphatic carbocycles. The lowest BCUT2D eigenvalue weighted by Gasteiger charge is -2.14. The van der Waals surface area contributed by atoms with Gasteiger partial charge in [-0.05, 0) is 25.1 Å². The Bertz CT molecular complexity index is 1110. The molecule has 0 saturated heterocycles. The third kappa shape index (κ3) is 5.53. The number of rotatable bonds is 8. The number of nitrogens with zero attached hydrogens (tertiary/aromatic N) is 1. The Hall–Kier alpha value is -4.01. The number of carbonyl (C=O) groups is 2. The van der Waals surface area contributed by atoms with Crippen LogP contribution in [-0.2, 0) is 16.1 Å². The number of ether oxygens (including phenoxy) is 3. The predicted molar refractivity (Wildman–Crippen MR) is 112 cm³/mol. The van der Waals surface area contributed by atoms with Gasteiger partial charge in [-0.2, -0.15) is 0 Å². The topological polar surface area (TPSA) is 109 Å². The largest absolute Gasteiger partial charge is 0.497 e. The molecule has 0 bridgehead atoms. The summed E-state index contributed by atoms with van der Waals surface area (Å²) in [6.45, 7) is 1.61. The summed E-state index contributed by atoms with van der Waals surface area (Å²) in [4.78, 5) is 36.5. The van der Waals surface area contributed by atoms with Gasteiger partial charge in [0.25, 0.3) is 11.5 Å². The number of furan rings is 1. The SMILES string of the molecule is COc1cc(NC(=O)C(C)OC(=O)c2ccc(Cn3ccccc3=O)o2)cc(OC)c1. The first kappa shape index (κ1) is 21.7. The molecule has 2 aromatic heterocycles. The van der Waals surface area contributed by atoms with E-state index in [1.54, 1.807) is 42.6 Å². The Morgan fingerprint density at radius 1 is 1.06 bits per heavy atom. The van der Waals surface area contributed by atoms with Crippen molar-refractivity contribution in [2.75, 3.05) is 19.5 Å². The van der Waals surface area contributed by atoms with Crippen LogP contribution in [0.1, 0.15) is 23.2 Å². The molecule has 0 spiro atoms. The quantitative estimate of drug-likeness (QED) is 0.552. The Balaban J connectivity index is 1.61. The highest BCUT2D eigenvalue weighted by Crippen LogP contribution is 2.26. The van der Waals surface area contributed by atoms with Gasteiger partial charge in [0.05, 0.1) is 20.8 Å². The second-order valence-electron chi connectivity index (χ2n) is 6.57. The van der Waals surface area contributed by atoms with Gasteiger partial charge in [-0.15, -0.1) is 0 Å². The zero-order valence-electron chi connectivity index (χ0n) is 17.3. The third-order valence-electron chi connectivity index (χ3n) is 4.36. The standard InChI is InChI=1S/C22H22N2O7/c1-14(21(26)23-15-10-17(28-2)12-18(11-15)29-3)30-22(27)19-8-7-16(31-19)13-24-9-5-4-6-20(24)25/h4-12,14H,13H2,1-3H3,(H,23,26). The maximum atomic E-state index is 12.4. The van der Waals surface area contributed by atoms with Crippen LogP contribution in [0.3, 0.4) is 0 Å². The number of hydrogen-bond donors (Lipinski definition) is 1. The van der Waals surface area contributed by atoms with E-state index in [1.165, 1.54) is 37.8 Å². The van der Waals surface area contributed by atoms with Gasteiger partial charge < -0.3 is 28.5 Å². The molecule has 1 amide bonds. The predicted octanol–water partition coefficient (Wildman–Crippen LogP) is 2.69. The van der Waals surface area contributed by atoms with Gasteiger partial charge in [-0.1, -0.05) is 6.07 Å². The Labute approximate surface area is 178 Å². The number of aromatic nitrogens is 1. The van der Waals surface area contributed by atoms with Crippen LogP contribution in [0.2, 0.25) is 0 Å². The van der Waals surface area contributed by atoms with Gasteiger partial charge in [0.1, 0.15) is 17.3 Å². The maximum absolute atomic E-state index is 12.4. The lowest BCUT2D eigenvalue weighted by Crippen LogP contribution is -2.29. The van der Waals surface area contributed by atoms with Crippen LogP contribution < -0.4 is 20.3 Å². The van der Waals surface area contributed by atoms with Crippen molar-refractivity contribution < 1.29 is 28.2 Å². The number of hydrogen-bond acceptors (Lipinski definition) is 7. The molecule has 31 heavy (non-hydrogen) atoms. The molecule has 1 N–H and O–H groups in total. The lowest BCUT2D eigenvalue weighted by molar-refractivity contribution is -0.123. The summed E-state index contributed by atoms with van der Waals surface area (Å²) >= 11 is 0. The molecular formula is C22H22N2O7. The normalized spacial score (nSPS) is 11.5. The van der Waals surface area contributed by atoms with E-state index in [0.717, 1.165) is 0 Å². The van der Waals surface area contributed by atoms with Gasteiger partial charge in [0.15, 0.2) is 6.10 Å². The monoisotopic (exact) mass is 426 g/mol. The van der Waals surface area contributed by atoms with E-state index in [-0.39, 0.29) is 17.9 Å². The number of carbonyl (C=O) groups excluding carboxylic acids is 2. The minimum atomic E-state index is -1.09. The highest BCUT2D eigenvalue weighted by atomic mass is 16.6. The van der Waals surface area contributed by atoms with E-state index < -0.39 is 18.0 Å². The number of esters is 1. The fourth-order valence-corrected chi connectivity index (χ4v) is 2.73. The number of anilines is 1. The van der Waals surface area contributed by atoms with Crippen molar-refractivity contribution >= 4 is 17.6 Å². The zero-order chi connectivity index (χ0) is 22.4. The Morgan fingerprint density at radius 2 is 1.77 bits per heavy atom. The number of pyridine rings is 1. The van der Waals surface area contributed by atoms with Crippen molar-refractivity contribution in [2.24, 2.45) is 0 Å². The molecule has 3 aromatic rings. The second-order valence-corrected chi connectivity index (χ2v) is 6.57. The van der Waals surface area contributed by atoms with Crippen LogP contribution in [0.25, 0.3) is 0 Å². The van der Waals surface area contributed by atoms with Gasteiger partial charge in [-0.25, -0.2) is 4.79 Å². The summed E-state index contributed by atoms with van der Waals surface area (Å²) in [6.07, 6.45) is 0.526. The first-order valence-corrected chi connectivity index (χ1v) is 9.38. The van der Waals surface area contributed by atoms with Crippen molar-refractivity contribution in [1.82, 2.24) is 4.57 Å². The number of methoxy groups -OCH3 is 2. The summed E-state index contributed by atoms with van der Waals surface area (Å²) in [5.41, 5.74) is 0.236. The number of amides is 1. The van der Waals surface area contributed by atoms with Crippen molar-refractivity contribution in [3.05, 3.63) is 76.6 Å². The van der Waals surface area contributed by atoms with E-state index in [9.17, 15) is 14.4 Å². The molecule has 0 radical (unpaired) electrons. The summed E-state index contributed by atoms with van der Waals surface area (Å²) in [5, 5.41) is 2.65. The summed E-state index contributed by atoms with van der Waals surface area (Å²) in [7, 11) is 2.99. The minimum absolute atomic E-state index is 0.0679. The summed E-state index contributed by atoms with van der Waals surface area (Å²) in [6, 6.07) is 12.7. The second kappa shape index (κ2) is 9.66. The van der Waals surface area contributed by atoms with Crippen LogP contribution >= 0.6 is 0 Å². The summed E-state index contributed by atoms with van der Waals surface area (Å²) in [5.74, 6) is 0.00573. The van der Waals surface area contributed by atoms with Crippen LogP contribution in [0.5, 0.6) is 11.5 Å². The van der Waals surface area contributed by atoms with E-state index in [2.05, 4.69) is 5.32 Å². The van der Waals surface area contributed by atoms with Gasteiger partial charge in [0.2, 0.25) is 5.76 Å². The van der Waals surface area contributed by atoms with Gasteiger partial charge >= 0.3 is 5.97 Å². The molecule has 1 atom stereocenters. The molecule has 2 heterocycles. The number of benzene rings is 1. The molecule has 3 rings (SSSR count). The van der Waals surface area contributed by atoms with Gasteiger partial charge in [0, 0.05) is 36.1 Å². The smallest absolute Gasteiger partial charge is 0.375 e. The molecule has 0 aliphatic rings. The molecule has 9 heteroatoms. The maximum Gasteiger partial charge on any atom is 0.375 e. The molecule has 0 aliphatic heterocycles. The van der Waals surface area contributed by atoms with E-state index >= 15 is 0 Å². The van der Waals surface area contributed by atoms with E-state index in [0.29, 0.717) is 22.9 Å². The summed E-state index contributed by atoms with van der Waals surface area (Å²) < 4.78 is 22.4. The molecule has 1 unspecified atom stereocenters. The van der Waals surface area contributed by atoms with Crippen molar-refractivity contribution in [1.29, 1.82) is 0 Å².